The van der Waals surface area contributed by atoms with Gasteiger partial charge in [-0.25, -0.2) is 13.4 Å². The Morgan fingerprint density at radius 3 is 2.52 bits per heavy atom. The Kier molecular flexibility index (Phi) is 5.02. The van der Waals surface area contributed by atoms with E-state index in [1.54, 1.807) is 12.1 Å². The normalized spacial score (nSPS) is 19.0. The molecule has 0 bridgehead atoms. The van der Waals surface area contributed by atoms with Crippen LogP contribution in [0.1, 0.15) is 40.0 Å². The van der Waals surface area contributed by atoms with Gasteiger partial charge in [0.2, 0.25) is 5.13 Å². The van der Waals surface area contributed by atoms with E-state index in [4.69, 9.17) is 0 Å². The van der Waals surface area contributed by atoms with Gasteiger partial charge in [0, 0.05) is 29.8 Å². The highest BCUT2D eigenvalue weighted by Crippen LogP contribution is 2.35. The third-order valence-electron chi connectivity index (χ3n) is 4.56. The molecule has 0 saturated carbocycles. The van der Waals surface area contributed by atoms with Crippen LogP contribution < -0.4 is 9.62 Å². The van der Waals surface area contributed by atoms with Crippen molar-refractivity contribution in [3.8, 4) is 0 Å². The molecule has 1 saturated heterocycles. The van der Waals surface area contributed by atoms with Crippen molar-refractivity contribution >= 4 is 32.4 Å². The van der Waals surface area contributed by atoms with Gasteiger partial charge in [-0.15, -0.1) is 0 Å². The van der Waals surface area contributed by atoms with Crippen LogP contribution in [0.15, 0.2) is 35.5 Å². The fourth-order valence-corrected chi connectivity index (χ4v) is 5.01. The van der Waals surface area contributed by atoms with E-state index in [2.05, 4.69) is 39.8 Å². The Morgan fingerprint density at radius 1 is 1.20 bits per heavy atom. The predicted molar refractivity (Wildman–Crippen MR) is 102 cm³/mol. The number of sulfonamides is 1. The second-order valence-corrected chi connectivity index (χ2v) is 9.88. The lowest BCUT2D eigenvalue weighted by atomic mass is 9.80. The monoisotopic (exact) mass is 380 g/mol. The van der Waals surface area contributed by atoms with E-state index in [1.165, 1.54) is 25.6 Å². The molecule has 6 nitrogen and oxygen atoms in total. The minimum atomic E-state index is -3.63. The summed E-state index contributed by atoms with van der Waals surface area (Å²) in [4.78, 5) is 6.51. The number of anilines is 2. The van der Waals surface area contributed by atoms with Crippen LogP contribution in [0, 0.1) is 5.41 Å². The number of nitrogens with one attached hydrogen (secondary N) is 1. The standard InChI is InChI=1S/C17H24N4O2S2/c1-17(2,3)15-6-4-5-11-21(15)13-7-9-14(10-8-13)25(22,23)20-16-18-12-19-24-16/h7-10,12,15H,4-6,11H2,1-3H3,(H,18,19,20). The first kappa shape index (κ1) is 18.1. The molecule has 3 rings (SSSR count). The third-order valence-corrected chi connectivity index (χ3v) is 6.63. The molecule has 1 aromatic heterocycles. The summed E-state index contributed by atoms with van der Waals surface area (Å²) in [5.74, 6) is 0. The first-order valence-electron chi connectivity index (χ1n) is 8.43. The molecule has 8 heteroatoms. The van der Waals surface area contributed by atoms with E-state index in [1.807, 2.05) is 12.1 Å². The van der Waals surface area contributed by atoms with Crippen LogP contribution in [0.3, 0.4) is 0 Å². The molecular weight excluding hydrogens is 356 g/mol. The number of hydrogen-bond acceptors (Lipinski definition) is 6. The van der Waals surface area contributed by atoms with Crippen LogP contribution in [0.25, 0.3) is 0 Å². The first-order valence-corrected chi connectivity index (χ1v) is 10.7. The second kappa shape index (κ2) is 6.92. The van der Waals surface area contributed by atoms with Crippen molar-refractivity contribution in [3.05, 3.63) is 30.6 Å². The zero-order valence-corrected chi connectivity index (χ0v) is 16.4. The van der Waals surface area contributed by atoms with E-state index in [0.29, 0.717) is 6.04 Å². The summed E-state index contributed by atoms with van der Waals surface area (Å²) in [6, 6.07) is 7.58. The SMILES string of the molecule is CC(C)(C)C1CCCCN1c1ccc(S(=O)(=O)Nc2ncns2)cc1. The Balaban J connectivity index is 1.82. The molecule has 1 atom stereocenters. The van der Waals surface area contributed by atoms with Crippen LogP contribution in [0.4, 0.5) is 10.8 Å². The van der Waals surface area contributed by atoms with Gasteiger partial charge in [-0.05, 0) is 48.9 Å². The zero-order chi connectivity index (χ0) is 18.1. The minimum absolute atomic E-state index is 0.185. The summed E-state index contributed by atoms with van der Waals surface area (Å²) in [6.07, 6.45) is 4.92. The molecular formula is C17H24N4O2S2. The van der Waals surface area contributed by atoms with Gasteiger partial charge < -0.3 is 4.90 Å². The lowest BCUT2D eigenvalue weighted by molar-refractivity contribution is 0.261. The van der Waals surface area contributed by atoms with Crippen LogP contribution in [-0.4, -0.2) is 30.4 Å². The molecule has 1 aliphatic heterocycles. The quantitative estimate of drug-likeness (QED) is 0.874. The average molecular weight is 381 g/mol. The number of aromatic nitrogens is 2. The molecule has 1 unspecified atom stereocenters. The molecule has 136 valence electrons. The molecule has 0 aliphatic carbocycles. The van der Waals surface area contributed by atoms with E-state index in [9.17, 15) is 8.42 Å². The van der Waals surface area contributed by atoms with Crippen LogP contribution in [-0.2, 0) is 10.0 Å². The summed E-state index contributed by atoms with van der Waals surface area (Å²) in [5.41, 5.74) is 1.26. The van der Waals surface area contributed by atoms with Crippen molar-refractivity contribution in [3.63, 3.8) is 0 Å². The molecule has 1 fully saturated rings. The first-order chi connectivity index (χ1) is 11.8. The molecule has 0 spiro atoms. The number of piperidine rings is 1. The molecule has 2 heterocycles. The Hall–Kier alpha value is -1.67. The number of hydrogen-bond donors (Lipinski definition) is 1. The van der Waals surface area contributed by atoms with Gasteiger partial charge in [0.1, 0.15) is 6.33 Å². The molecule has 2 aromatic rings. The van der Waals surface area contributed by atoms with Crippen molar-refractivity contribution in [2.75, 3.05) is 16.2 Å². The molecule has 0 radical (unpaired) electrons. The van der Waals surface area contributed by atoms with E-state index >= 15 is 0 Å². The van der Waals surface area contributed by atoms with Gasteiger partial charge in [0.25, 0.3) is 10.0 Å². The summed E-state index contributed by atoms with van der Waals surface area (Å²) < 4.78 is 31.1. The zero-order valence-electron chi connectivity index (χ0n) is 14.8. The molecule has 1 aliphatic rings. The van der Waals surface area contributed by atoms with Crippen molar-refractivity contribution in [1.82, 2.24) is 9.36 Å². The highest BCUT2D eigenvalue weighted by Gasteiger charge is 2.32. The maximum atomic E-state index is 12.4. The molecule has 1 aromatic carbocycles. The van der Waals surface area contributed by atoms with Crippen molar-refractivity contribution < 1.29 is 8.42 Å². The highest BCUT2D eigenvalue weighted by molar-refractivity contribution is 7.93. The van der Waals surface area contributed by atoms with Crippen molar-refractivity contribution in [1.29, 1.82) is 0 Å². The van der Waals surface area contributed by atoms with Crippen LogP contribution in [0.5, 0.6) is 0 Å². The lowest BCUT2D eigenvalue weighted by Crippen LogP contribution is -2.47. The maximum absolute atomic E-state index is 12.4. The number of benzene rings is 1. The average Bonchev–Trinajstić information content (AvgIpc) is 3.06. The van der Waals surface area contributed by atoms with Gasteiger partial charge in [0.05, 0.1) is 4.90 Å². The van der Waals surface area contributed by atoms with Gasteiger partial charge in [-0.2, -0.15) is 4.37 Å². The predicted octanol–water partition coefficient (Wildman–Crippen LogP) is 3.74. The Labute approximate surface area is 153 Å². The summed E-state index contributed by atoms with van der Waals surface area (Å²) in [6.45, 7) is 7.81. The van der Waals surface area contributed by atoms with E-state index in [0.717, 1.165) is 23.8 Å². The Bertz CT molecular complexity index is 796. The number of rotatable bonds is 4. The maximum Gasteiger partial charge on any atom is 0.263 e. The minimum Gasteiger partial charge on any atom is -0.368 e. The highest BCUT2D eigenvalue weighted by atomic mass is 32.2. The van der Waals surface area contributed by atoms with Gasteiger partial charge >= 0.3 is 0 Å². The topological polar surface area (TPSA) is 75.2 Å². The second-order valence-electron chi connectivity index (χ2n) is 7.42. The van der Waals surface area contributed by atoms with Gasteiger partial charge in [-0.3, -0.25) is 4.72 Å². The molecule has 1 N–H and O–H groups in total. The molecule has 0 amide bonds. The Morgan fingerprint density at radius 2 is 1.92 bits per heavy atom. The van der Waals surface area contributed by atoms with E-state index < -0.39 is 10.0 Å². The third kappa shape index (κ3) is 4.12. The fourth-order valence-electron chi connectivity index (χ4n) is 3.35. The lowest BCUT2D eigenvalue weighted by Gasteiger charge is -2.45. The summed E-state index contributed by atoms with van der Waals surface area (Å²) >= 11 is 1.01. The summed E-state index contributed by atoms with van der Waals surface area (Å²) in [5, 5.41) is 0.271. The fraction of sp³-hybridized carbons (Fsp3) is 0.529. The van der Waals surface area contributed by atoms with Gasteiger partial charge in [0.15, 0.2) is 0 Å². The number of nitrogens with zero attached hydrogens (tertiary/aromatic N) is 3. The van der Waals surface area contributed by atoms with E-state index in [-0.39, 0.29) is 15.4 Å². The van der Waals surface area contributed by atoms with Crippen LogP contribution in [0.2, 0.25) is 0 Å². The van der Waals surface area contributed by atoms with Crippen molar-refractivity contribution in [2.45, 2.75) is 51.0 Å². The largest absolute Gasteiger partial charge is 0.368 e. The smallest absolute Gasteiger partial charge is 0.263 e. The van der Waals surface area contributed by atoms with Gasteiger partial charge in [-0.1, -0.05) is 20.8 Å². The van der Waals surface area contributed by atoms with Crippen LogP contribution >= 0.6 is 11.5 Å². The molecule has 25 heavy (non-hydrogen) atoms. The summed E-state index contributed by atoms with van der Waals surface area (Å²) in [7, 11) is -3.63. The van der Waals surface area contributed by atoms with Crippen molar-refractivity contribution in [2.24, 2.45) is 5.41 Å².